The van der Waals surface area contributed by atoms with E-state index >= 15 is 0 Å². The fourth-order valence-corrected chi connectivity index (χ4v) is 4.96. The van der Waals surface area contributed by atoms with Gasteiger partial charge in [-0.2, -0.15) is 5.10 Å². The summed E-state index contributed by atoms with van der Waals surface area (Å²) in [4.78, 5) is 14.3. The number of rotatable bonds is 4. The Balaban J connectivity index is 1.64. The number of nitrogens with zero attached hydrogens (tertiary/aromatic N) is 3. The van der Waals surface area contributed by atoms with Crippen LogP contribution in [0.4, 0.5) is 0 Å². The molecule has 3 heterocycles. The van der Waals surface area contributed by atoms with Crippen molar-refractivity contribution in [3.8, 4) is 5.69 Å². The number of aryl methyl sites for hydroxylation is 2. The zero-order chi connectivity index (χ0) is 19.0. The Labute approximate surface area is 159 Å². The van der Waals surface area contributed by atoms with Crippen LogP contribution >= 0.6 is 0 Å². The van der Waals surface area contributed by atoms with Crippen molar-refractivity contribution in [3.63, 3.8) is 0 Å². The first-order valence-electron chi connectivity index (χ1n) is 9.61. The van der Waals surface area contributed by atoms with Gasteiger partial charge in [0.1, 0.15) is 0 Å². The molecule has 2 aliphatic heterocycles. The second-order valence-corrected chi connectivity index (χ2v) is 8.08. The van der Waals surface area contributed by atoms with Gasteiger partial charge in [0.15, 0.2) is 0 Å². The summed E-state index contributed by atoms with van der Waals surface area (Å²) in [5.41, 5.74) is 4.54. The first-order valence-corrected chi connectivity index (χ1v) is 9.61. The molecule has 0 bridgehead atoms. The summed E-state index contributed by atoms with van der Waals surface area (Å²) in [5, 5.41) is 14.3. The zero-order valence-corrected chi connectivity index (χ0v) is 16.0. The number of benzene rings is 1. The van der Waals surface area contributed by atoms with Crippen molar-refractivity contribution < 1.29 is 14.6 Å². The minimum Gasteiger partial charge on any atom is -0.481 e. The van der Waals surface area contributed by atoms with Gasteiger partial charge in [-0.05, 0) is 43.9 Å². The van der Waals surface area contributed by atoms with Gasteiger partial charge in [0.25, 0.3) is 0 Å². The van der Waals surface area contributed by atoms with Gasteiger partial charge in [0, 0.05) is 50.7 Å². The molecular formula is C21H27N3O3. The van der Waals surface area contributed by atoms with E-state index in [0.717, 1.165) is 31.6 Å². The van der Waals surface area contributed by atoms with Crippen molar-refractivity contribution in [1.82, 2.24) is 14.7 Å². The van der Waals surface area contributed by atoms with Crippen LogP contribution in [0.5, 0.6) is 0 Å². The van der Waals surface area contributed by atoms with E-state index < -0.39 is 5.97 Å². The smallest absolute Gasteiger partial charge is 0.308 e. The number of carboxylic acids is 1. The summed E-state index contributed by atoms with van der Waals surface area (Å²) in [6.45, 7) is 7.70. The predicted molar refractivity (Wildman–Crippen MR) is 102 cm³/mol. The average Bonchev–Trinajstić information content (AvgIpc) is 3.24. The molecule has 27 heavy (non-hydrogen) atoms. The second-order valence-electron chi connectivity index (χ2n) is 8.08. The van der Waals surface area contributed by atoms with Crippen LogP contribution in [0.1, 0.15) is 29.5 Å². The molecular weight excluding hydrogens is 342 g/mol. The van der Waals surface area contributed by atoms with Gasteiger partial charge in [-0.25, -0.2) is 4.68 Å². The fraction of sp³-hybridized carbons (Fsp3) is 0.524. The number of aromatic nitrogens is 2. The summed E-state index contributed by atoms with van der Waals surface area (Å²) in [6.07, 6.45) is 5.42. The van der Waals surface area contributed by atoms with E-state index in [1.54, 1.807) is 6.20 Å². The summed E-state index contributed by atoms with van der Waals surface area (Å²) in [6, 6.07) is 6.30. The second kappa shape index (κ2) is 7.09. The molecule has 2 saturated heterocycles. The lowest BCUT2D eigenvalue weighted by Crippen LogP contribution is -2.40. The fourth-order valence-electron chi connectivity index (χ4n) is 4.96. The minimum atomic E-state index is -0.674. The Hall–Kier alpha value is -2.18. The molecule has 2 aromatic rings. The molecule has 0 aliphatic carbocycles. The average molecular weight is 369 g/mol. The molecule has 4 rings (SSSR count). The number of aliphatic carboxylic acids is 1. The lowest BCUT2D eigenvalue weighted by atomic mass is 9.72. The van der Waals surface area contributed by atoms with E-state index in [0.29, 0.717) is 19.8 Å². The van der Waals surface area contributed by atoms with E-state index in [1.807, 2.05) is 16.9 Å². The van der Waals surface area contributed by atoms with Crippen LogP contribution in [0.15, 0.2) is 30.6 Å². The molecule has 1 spiro atoms. The molecule has 144 valence electrons. The highest BCUT2D eigenvalue weighted by molar-refractivity contribution is 5.72. The van der Waals surface area contributed by atoms with Crippen LogP contribution in [0, 0.1) is 25.2 Å². The maximum absolute atomic E-state index is 12.0. The van der Waals surface area contributed by atoms with Gasteiger partial charge in [-0.15, -0.1) is 0 Å². The Kier molecular flexibility index (Phi) is 4.78. The van der Waals surface area contributed by atoms with E-state index in [4.69, 9.17) is 4.74 Å². The van der Waals surface area contributed by atoms with E-state index in [9.17, 15) is 9.90 Å². The van der Waals surface area contributed by atoms with E-state index in [2.05, 4.69) is 36.0 Å². The minimum absolute atomic E-state index is 0.158. The van der Waals surface area contributed by atoms with Gasteiger partial charge in [-0.3, -0.25) is 9.69 Å². The molecule has 1 atom stereocenters. The number of likely N-dealkylation sites (tertiary alicyclic amines) is 1. The monoisotopic (exact) mass is 369 g/mol. The third kappa shape index (κ3) is 3.39. The first kappa shape index (κ1) is 18.2. The molecule has 0 saturated carbocycles. The van der Waals surface area contributed by atoms with E-state index in [1.165, 1.54) is 16.7 Å². The van der Waals surface area contributed by atoms with Gasteiger partial charge in [-0.1, -0.05) is 17.7 Å². The Bertz CT molecular complexity index is 825. The van der Waals surface area contributed by atoms with Crippen molar-refractivity contribution in [3.05, 3.63) is 47.3 Å². The van der Waals surface area contributed by atoms with Crippen LogP contribution < -0.4 is 0 Å². The summed E-state index contributed by atoms with van der Waals surface area (Å²) in [5.74, 6) is -0.993. The van der Waals surface area contributed by atoms with Crippen molar-refractivity contribution >= 4 is 5.97 Å². The number of carbonyl (C=O) groups is 1. The largest absolute Gasteiger partial charge is 0.481 e. The number of carboxylic acid groups (broad SMARTS) is 1. The molecule has 2 aliphatic rings. The molecule has 1 aromatic carbocycles. The van der Waals surface area contributed by atoms with Crippen LogP contribution in [0.25, 0.3) is 5.69 Å². The number of ether oxygens (including phenoxy) is 1. The van der Waals surface area contributed by atoms with Gasteiger partial charge >= 0.3 is 5.97 Å². The number of hydrogen-bond donors (Lipinski definition) is 1. The van der Waals surface area contributed by atoms with Gasteiger partial charge in [0.05, 0.1) is 11.6 Å². The molecule has 6 nitrogen and oxygen atoms in total. The lowest BCUT2D eigenvalue weighted by Gasteiger charge is -2.36. The third-order valence-electron chi connectivity index (χ3n) is 6.16. The zero-order valence-electron chi connectivity index (χ0n) is 16.0. The van der Waals surface area contributed by atoms with Crippen LogP contribution in [0.2, 0.25) is 0 Å². The maximum atomic E-state index is 12.0. The van der Waals surface area contributed by atoms with Crippen LogP contribution in [-0.2, 0) is 16.1 Å². The van der Waals surface area contributed by atoms with Gasteiger partial charge in [0.2, 0.25) is 0 Å². The lowest BCUT2D eigenvalue weighted by molar-refractivity contribution is -0.147. The molecule has 0 radical (unpaired) electrons. The normalized spacial score (nSPS) is 22.4. The highest BCUT2D eigenvalue weighted by Crippen LogP contribution is 2.45. The summed E-state index contributed by atoms with van der Waals surface area (Å²) >= 11 is 0. The molecule has 6 heteroatoms. The standard InChI is InChI=1S/C21H27N3O3/c1-15-10-16(2)19(24-7-3-6-22-24)17(11-15)12-23-13-18(20(25)26)21(14-23)4-8-27-9-5-21/h3,6-7,10-11,18H,4-5,8-9,12-14H2,1-2H3,(H,25,26). The molecule has 0 amide bonds. The first-order chi connectivity index (χ1) is 13.0. The Morgan fingerprint density at radius 3 is 2.78 bits per heavy atom. The summed E-state index contributed by atoms with van der Waals surface area (Å²) < 4.78 is 7.43. The van der Waals surface area contributed by atoms with Crippen molar-refractivity contribution in [2.24, 2.45) is 11.3 Å². The predicted octanol–water partition coefficient (Wildman–Crippen LogP) is 2.80. The molecule has 2 fully saturated rings. The van der Waals surface area contributed by atoms with Gasteiger partial charge < -0.3 is 9.84 Å². The maximum Gasteiger partial charge on any atom is 0.308 e. The molecule has 1 aromatic heterocycles. The quantitative estimate of drug-likeness (QED) is 0.898. The topological polar surface area (TPSA) is 67.6 Å². The van der Waals surface area contributed by atoms with Crippen molar-refractivity contribution in [2.45, 2.75) is 33.2 Å². The number of hydrogen-bond acceptors (Lipinski definition) is 4. The SMILES string of the molecule is Cc1cc(C)c(-n2cccn2)c(CN2CC(C(=O)O)C3(CCOCC3)C2)c1. The van der Waals surface area contributed by atoms with Crippen molar-refractivity contribution in [1.29, 1.82) is 0 Å². The van der Waals surface area contributed by atoms with E-state index in [-0.39, 0.29) is 11.3 Å². The van der Waals surface area contributed by atoms with Crippen LogP contribution in [-0.4, -0.2) is 52.1 Å². The highest BCUT2D eigenvalue weighted by atomic mass is 16.5. The molecule has 1 N–H and O–H groups in total. The van der Waals surface area contributed by atoms with Crippen molar-refractivity contribution in [2.75, 3.05) is 26.3 Å². The highest BCUT2D eigenvalue weighted by Gasteiger charge is 2.50. The molecule has 1 unspecified atom stereocenters. The summed E-state index contributed by atoms with van der Waals surface area (Å²) in [7, 11) is 0. The Morgan fingerprint density at radius 1 is 1.33 bits per heavy atom. The Morgan fingerprint density at radius 2 is 2.11 bits per heavy atom. The van der Waals surface area contributed by atoms with Crippen LogP contribution in [0.3, 0.4) is 0 Å². The third-order valence-corrected chi connectivity index (χ3v) is 6.16.